The summed E-state index contributed by atoms with van der Waals surface area (Å²) in [5, 5.41) is 5.92. The maximum absolute atomic E-state index is 12.7. The molecule has 6 nitrogen and oxygen atoms in total. The number of aryl methyl sites for hydroxylation is 1. The minimum Gasteiger partial charge on any atom is -0.483 e. The highest BCUT2D eigenvalue weighted by atomic mass is 35.5. The van der Waals surface area contributed by atoms with Gasteiger partial charge in [0.1, 0.15) is 5.75 Å². The number of carbonyl (C=O) groups excluding carboxylic acids is 2. The highest BCUT2D eigenvalue weighted by Crippen LogP contribution is 2.32. The van der Waals surface area contributed by atoms with E-state index in [2.05, 4.69) is 24.1 Å². The predicted octanol–water partition coefficient (Wildman–Crippen LogP) is 4.48. The smallest absolute Gasteiger partial charge is 0.260 e. The van der Waals surface area contributed by atoms with E-state index in [1.807, 2.05) is 24.4 Å². The van der Waals surface area contributed by atoms with Crippen LogP contribution in [0.1, 0.15) is 43.7 Å². The minimum atomic E-state index is -0.236. The Morgan fingerprint density at radius 1 is 1.41 bits per heavy atom. The zero-order valence-electron chi connectivity index (χ0n) is 16.9. The summed E-state index contributed by atoms with van der Waals surface area (Å²) in [5.41, 5.74) is 1.89. The van der Waals surface area contributed by atoms with E-state index in [0.717, 1.165) is 24.0 Å². The molecule has 2 aromatic rings. The van der Waals surface area contributed by atoms with Gasteiger partial charge in [0.15, 0.2) is 11.7 Å². The first-order chi connectivity index (χ1) is 13.8. The fraction of sp³-hybridized carbons (Fsp3) is 0.476. The molecule has 2 amide bonds. The van der Waals surface area contributed by atoms with Gasteiger partial charge in [0.05, 0.1) is 5.92 Å². The SMILES string of the molecule is Cc1cc(OCC(=O)N2CCCC(C(=O)Nc3nccs3)C2)c(C(C)C)cc1Cl. The van der Waals surface area contributed by atoms with E-state index in [9.17, 15) is 9.59 Å². The molecule has 2 heterocycles. The van der Waals surface area contributed by atoms with Crippen LogP contribution in [0.4, 0.5) is 5.13 Å². The lowest BCUT2D eigenvalue weighted by atomic mass is 9.97. The number of nitrogens with one attached hydrogen (secondary N) is 1. The fourth-order valence-corrected chi connectivity index (χ4v) is 4.09. The summed E-state index contributed by atoms with van der Waals surface area (Å²) in [6.07, 6.45) is 3.20. The molecule has 8 heteroatoms. The quantitative estimate of drug-likeness (QED) is 0.725. The second-order valence-corrected chi connectivity index (χ2v) is 8.89. The third kappa shape index (κ3) is 5.48. The Kier molecular flexibility index (Phi) is 7.14. The maximum atomic E-state index is 12.7. The molecule has 1 fully saturated rings. The van der Waals surface area contributed by atoms with Crippen molar-refractivity contribution in [3.8, 4) is 5.75 Å². The van der Waals surface area contributed by atoms with E-state index in [1.165, 1.54) is 11.3 Å². The Labute approximate surface area is 180 Å². The Hall–Kier alpha value is -2.12. The fourth-order valence-electron chi connectivity index (χ4n) is 3.39. The molecular formula is C21H26ClN3O3S. The third-order valence-electron chi connectivity index (χ3n) is 5.07. The number of aromatic nitrogens is 1. The Bertz CT molecular complexity index is 870. The van der Waals surface area contributed by atoms with Crippen LogP contribution in [0, 0.1) is 12.8 Å². The number of halogens is 1. The molecule has 1 aliphatic heterocycles. The summed E-state index contributed by atoms with van der Waals surface area (Å²) in [4.78, 5) is 31.0. The summed E-state index contributed by atoms with van der Waals surface area (Å²) in [6, 6.07) is 3.78. The van der Waals surface area contributed by atoms with Gasteiger partial charge in [-0.3, -0.25) is 9.59 Å². The molecular weight excluding hydrogens is 410 g/mol. The Morgan fingerprint density at radius 3 is 2.90 bits per heavy atom. The van der Waals surface area contributed by atoms with Gasteiger partial charge < -0.3 is 15.0 Å². The summed E-state index contributed by atoms with van der Waals surface area (Å²) in [6.45, 7) is 7.02. The number of anilines is 1. The number of amides is 2. The molecule has 1 unspecified atom stereocenters. The number of likely N-dealkylation sites (tertiary alicyclic amines) is 1. The topological polar surface area (TPSA) is 71.5 Å². The third-order valence-corrected chi connectivity index (χ3v) is 6.17. The average molecular weight is 436 g/mol. The molecule has 29 heavy (non-hydrogen) atoms. The summed E-state index contributed by atoms with van der Waals surface area (Å²) in [5.74, 6) is 0.478. The molecule has 1 aromatic heterocycles. The average Bonchev–Trinajstić information content (AvgIpc) is 3.21. The molecule has 0 saturated carbocycles. The Morgan fingerprint density at radius 2 is 2.21 bits per heavy atom. The van der Waals surface area contributed by atoms with Gasteiger partial charge in [0.2, 0.25) is 5.91 Å². The van der Waals surface area contributed by atoms with Gasteiger partial charge in [-0.1, -0.05) is 25.4 Å². The van der Waals surface area contributed by atoms with E-state index in [1.54, 1.807) is 11.1 Å². The number of nitrogens with zero attached hydrogens (tertiary/aromatic N) is 2. The Balaban J connectivity index is 1.59. The number of thiazole rings is 1. The van der Waals surface area contributed by atoms with E-state index in [0.29, 0.717) is 29.0 Å². The number of rotatable bonds is 6. The van der Waals surface area contributed by atoms with Crippen molar-refractivity contribution in [1.29, 1.82) is 0 Å². The van der Waals surface area contributed by atoms with Gasteiger partial charge in [-0.05, 0) is 48.9 Å². The molecule has 0 spiro atoms. The van der Waals surface area contributed by atoms with Crippen molar-refractivity contribution in [1.82, 2.24) is 9.88 Å². The van der Waals surface area contributed by atoms with E-state index < -0.39 is 0 Å². The standard InChI is InChI=1S/C21H26ClN3O3S/c1-13(2)16-10-17(22)14(3)9-18(16)28-12-19(26)25-7-4-5-15(11-25)20(27)24-21-23-6-8-29-21/h6,8-10,13,15H,4-5,7,11-12H2,1-3H3,(H,23,24,27). The molecule has 1 aromatic carbocycles. The van der Waals surface area contributed by atoms with E-state index in [-0.39, 0.29) is 30.3 Å². The molecule has 0 radical (unpaired) electrons. The second kappa shape index (κ2) is 9.59. The lowest BCUT2D eigenvalue weighted by molar-refractivity contribution is -0.136. The molecule has 1 atom stereocenters. The van der Waals surface area contributed by atoms with Crippen LogP contribution in [0.15, 0.2) is 23.7 Å². The summed E-state index contributed by atoms with van der Waals surface area (Å²) < 4.78 is 5.87. The monoisotopic (exact) mass is 435 g/mol. The van der Waals surface area contributed by atoms with Crippen molar-refractivity contribution < 1.29 is 14.3 Å². The molecule has 3 rings (SSSR count). The molecule has 156 valence electrons. The van der Waals surface area contributed by atoms with Crippen LogP contribution >= 0.6 is 22.9 Å². The first-order valence-corrected chi connectivity index (χ1v) is 11.0. The van der Waals surface area contributed by atoms with Crippen LogP contribution in [0.5, 0.6) is 5.75 Å². The molecule has 1 aliphatic rings. The van der Waals surface area contributed by atoms with Gasteiger partial charge in [-0.15, -0.1) is 11.3 Å². The lowest BCUT2D eigenvalue weighted by Crippen LogP contribution is -2.45. The number of carbonyl (C=O) groups is 2. The van der Waals surface area contributed by atoms with Gasteiger partial charge in [0, 0.05) is 29.7 Å². The van der Waals surface area contributed by atoms with Gasteiger partial charge >= 0.3 is 0 Å². The zero-order chi connectivity index (χ0) is 21.0. The van der Waals surface area contributed by atoms with Crippen LogP contribution < -0.4 is 10.1 Å². The first kappa shape index (κ1) is 21.6. The maximum Gasteiger partial charge on any atom is 0.260 e. The van der Waals surface area contributed by atoms with Crippen LogP contribution in [0.25, 0.3) is 0 Å². The normalized spacial score (nSPS) is 16.7. The van der Waals surface area contributed by atoms with Crippen molar-refractivity contribution in [3.63, 3.8) is 0 Å². The highest BCUT2D eigenvalue weighted by molar-refractivity contribution is 7.13. The first-order valence-electron chi connectivity index (χ1n) is 9.76. The van der Waals surface area contributed by atoms with Crippen molar-refractivity contribution in [3.05, 3.63) is 39.9 Å². The number of hydrogen-bond acceptors (Lipinski definition) is 5. The second-order valence-electron chi connectivity index (χ2n) is 7.59. The lowest BCUT2D eigenvalue weighted by Gasteiger charge is -2.32. The number of benzene rings is 1. The molecule has 0 aliphatic carbocycles. The number of hydrogen-bond donors (Lipinski definition) is 1. The van der Waals surface area contributed by atoms with Crippen LogP contribution in [-0.4, -0.2) is 41.4 Å². The molecule has 1 N–H and O–H groups in total. The zero-order valence-corrected chi connectivity index (χ0v) is 18.5. The van der Waals surface area contributed by atoms with Crippen molar-refractivity contribution in [2.45, 2.75) is 39.5 Å². The number of piperidine rings is 1. The van der Waals surface area contributed by atoms with Gasteiger partial charge in [-0.25, -0.2) is 4.98 Å². The van der Waals surface area contributed by atoms with Gasteiger partial charge in [0.25, 0.3) is 5.91 Å². The number of ether oxygens (including phenoxy) is 1. The van der Waals surface area contributed by atoms with E-state index in [4.69, 9.17) is 16.3 Å². The summed E-state index contributed by atoms with van der Waals surface area (Å²) in [7, 11) is 0. The highest BCUT2D eigenvalue weighted by Gasteiger charge is 2.29. The largest absolute Gasteiger partial charge is 0.483 e. The predicted molar refractivity (Wildman–Crippen MR) is 116 cm³/mol. The van der Waals surface area contributed by atoms with Crippen molar-refractivity contribution in [2.24, 2.45) is 5.92 Å². The molecule has 0 bridgehead atoms. The van der Waals surface area contributed by atoms with Crippen LogP contribution in [0.3, 0.4) is 0 Å². The van der Waals surface area contributed by atoms with Crippen molar-refractivity contribution >= 4 is 39.9 Å². The minimum absolute atomic E-state index is 0.0540. The molecule has 1 saturated heterocycles. The van der Waals surface area contributed by atoms with Crippen LogP contribution in [-0.2, 0) is 9.59 Å². The van der Waals surface area contributed by atoms with E-state index >= 15 is 0 Å². The van der Waals surface area contributed by atoms with Crippen LogP contribution in [0.2, 0.25) is 5.02 Å². The summed E-state index contributed by atoms with van der Waals surface area (Å²) >= 11 is 7.62. The van der Waals surface area contributed by atoms with Gasteiger partial charge in [-0.2, -0.15) is 0 Å². The van der Waals surface area contributed by atoms with Crippen molar-refractivity contribution in [2.75, 3.05) is 25.0 Å².